The molecule has 0 aliphatic carbocycles. The lowest BCUT2D eigenvalue weighted by Gasteiger charge is -2.30. The van der Waals surface area contributed by atoms with Crippen LogP contribution in [0.3, 0.4) is 0 Å². The quantitative estimate of drug-likeness (QED) is 0.396. The SMILES string of the molecule is CC[C@@H](C)NC(=O)[C@H](C)N(Cc1c(Cl)cccc1Cl)C(=O)CCCN(c1ccc(F)cc1)S(C)(=O)=O. The molecule has 0 saturated carbocycles. The fraction of sp³-hybridized carbons (Fsp3) is 0.440. The van der Waals surface area contributed by atoms with Crippen LogP contribution < -0.4 is 9.62 Å². The maximum atomic E-state index is 13.3. The van der Waals surface area contributed by atoms with Gasteiger partial charge in [-0.05, 0) is 63.1 Å². The summed E-state index contributed by atoms with van der Waals surface area (Å²) in [7, 11) is -3.67. The van der Waals surface area contributed by atoms with Crippen molar-refractivity contribution in [2.45, 2.75) is 58.7 Å². The third-order valence-electron chi connectivity index (χ3n) is 5.83. The highest BCUT2D eigenvalue weighted by Crippen LogP contribution is 2.27. The van der Waals surface area contributed by atoms with E-state index >= 15 is 0 Å². The molecule has 11 heteroatoms. The molecule has 2 atom stereocenters. The Morgan fingerprint density at radius 2 is 1.64 bits per heavy atom. The van der Waals surface area contributed by atoms with Gasteiger partial charge < -0.3 is 10.2 Å². The average molecular weight is 561 g/mol. The van der Waals surface area contributed by atoms with Gasteiger partial charge in [0.2, 0.25) is 21.8 Å². The fourth-order valence-corrected chi connectivity index (χ4v) is 5.00. The number of hydrogen-bond acceptors (Lipinski definition) is 4. The number of amides is 2. The monoisotopic (exact) mass is 559 g/mol. The Bertz CT molecular complexity index is 1140. The number of anilines is 1. The molecule has 0 radical (unpaired) electrons. The van der Waals surface area contributed by atoms with Gasteiger partial charge in [-0.2, -0.15) is 0 Å². The Kier molecular flexibility index (Phi) is 11.0. The van der Waals surface area contributed by atoms with Crippen LogP contribution in [0.15, 0.2) is 42.5 Å². The Morgan fingerprint density at radius 3 is 2.17 bits per heavy atom. The molecule has 0 aliphatic heterocycles. The third-order valence-corrected chi connectivity index (χ3v) is 7.73. The Morgan fingerprint density at radius 1 is 1.06 bits per heavy atom. The first-order valence-electron chi connectivity index (χ1n) is 11.6. The van der Waals surface area contributed by atoms with Gasteiger partial charge in [0.25, 0.3) is 0 Å². The van der Waals surface area contributed by atoms with E-state index in [0.29, 0.717) is 21.3 Å². The van der Waals surface area contributed by atoms with Gasteiger partial charge >= 0.3 is 0 Å². The number of nitrogens with one attached hydrogen (secondary N) is 1. The molecular weight excluding hydrogens is 528 g/mol. The van der Waals surface area contributed by atoms with Gasteiger partial charge in [0, 0.05) is 41.2 Å². The maximum Gasteiger partial charge on any atom is 0.242 e. The predicted molar refractivity (Wildman–Crippen MR) is 142 cm³/mol. The van der Waals surface area contributed by atoms with Crippen molar-refractivity contribution in [2.75, 3.05) is 17.1 Å². The van der Waals surface area contributed by atoms with Crippen LogP contribution in [0, 0.1) is 5.82 Å². The van der Waals surface area contributed by atoms with E-state index in [1.165, 1.54) is 29.2 Å². The molecule has 0 heterocycles. The van der Waals surface area contributed by atoms with E-state index in [1.807, 2.05) is 13.8 Å². The zero-order valence-corrected chi connectivity index (χ0v) is 23.1. The molecule has 7 nitrogen and oxygen atoms in total. The predicted octanol–water partition coefficient (Wildman–Crippen LogP) is 5.01. The molecule has 2 rings (SSSR count). The van der Waals surface area contributed by atoms with Crippen LogP contribution in [-0.2, 0) is 26.2 Å². The first-order valence-corrected chi connectivity index (χ1v) is 14.2. The number of sulfonamides is 1. The Labute approximate surface area is 222 Å². The maximum absolute atomic E-state index is 13.3. The van der Waals surface area contributed by atoms with Crippen LogP contribution in [0.25, 0.3) is 0 Å². The molecule has 198 valence electrons. The van der Waals surface area contributed by atoms with Crippen molar-refractivity contribution in [3.05, 3.63) is 63.9 Å². The van der Waals surface area contributed by atoms with Gasteiger partial charge in [-0.15, -0.1) is 0 Å². The molecule has 2 amide bonds. The van der Waals surface area contributed by atoms with Crippen LogP contribution in [0.5, 0.6) is 0 Å². The zero-order valence-electron chi connectivity index (χ0n) is 20.8. The smallest absolute Gasteiger partial charge is 0.242 e. The van der Waals surface area contributed by atoms with Crippen molar-refractivity contribution in [1.29, 1.82) is 0 Å². The summed E-state index contributed by atoms with van der Waals surface area (Å²) in [6.07, 6.45) is 1.92. The average Bonchev–Trinajstić information content (AvgIpc) is 2.81. The number of halogens is 3. The number of carbonyl (C=O) groups is 2. The molecule has 0 unspecified atom stereocenters. The minimum absolute atomic E-state index is 0.00431. The molecule has 2 aromatic carbocycles. The minimum Gasteiger partial charge on any atom is -0.352 e. The molecule has 0 bridgehead atoms. The van der Waals surface area contributed by atoms with Gasteiger partial charge in [-0.25, -0.2) is 12.8 Å². The van der Waals surface area contributed by atoms with E-state index < -0.39 is 21.9 Å². The van der Waals surface area contributed by atoms with Crippen LogP contribution in [0.4, 0.5) is 10.1 Å². The topological polar surface area (TPSA) is 86.8 Å². The second-order valence-corrected chi connectivity index (χ2v) is 11.4. The summed E-state index contributed by atoms with van der Waals surface area (Å²) >= 11 is 12.6. The second kappa shape index (κ2) is 13.3. The van der Waals surface area contributed by atoms with Crippen molar-refractivity contribution >= 4 is 50.7 Å². The van der Waals surface area contributed by atoms with E-state index in [4.69, 9.17) is 23.2 Å². The van der Waals surface area contributed by atoms with Crippen molar-refractivity contribution in [1.82, 2.24) is 10.2 Å². The molecule has 2 aromatic rings. The molecule has 0 spiro atoms. The Balaban J connectivity index is 2.22. The fourth-order valence-electron chi connectivity index (χ4n) is 3.51. The number of hydrogen-bond donors (Lipinski definition) is 1. The third kappa shape index (κ3) is 8.35. The highest BCUT2D eigenvalue weighted by atomic mass is 35.5. The van der Waals surface area contributed by atoms with Crippen molar-refractivity contribution in [3.63, 3.8) is 0 Å². The van der Waals surface area contributed by atoms with E-state index in [1.54, 1.807) is 25.1 Å². The van der Waals surface area contributed by atoms with E-state index in [-0.39, 0.29) is 43.8 Å². The number of benzene rings is 2. The molecule has 1 N–H and O–H groups in total. The minimum atomic E-state index is -3.67. The van der Waals surface area contributed by atoms with Crippen molar-refractivity contribution in [3.8, 4) is 0 Å². The highest BCUT2D eigenvalue weighted by molar-refractivity contribution is 7.92. The summed E-state index contributed by atoms with van der Waals surface area (Å²) in [6.45, 7) is 5.46. The van der Waals surface area contributed by atoms with Crippen LogP contribution in [0.2, 0.25) is 10.0 Å². The molecule has 0 saturated heterocycles. The Hall–Kier alpha value is -2.36. The summed E-state index contributed by atoms with van der Waals surface area (Å²) in [6, 6.07) is 9.19. The molecular formula is C25H32Cl2FN3O4S. The lowest BCUT2D eigenvalue weighted by molar-refractivity contribution is -0.140. The zero-order chi connectivity index (χ0) is 27.0. The standard InChI is InChI=1S/C25H32Cl2FN3O4S/c1-5-17(2)29-25(33)18(3)30(16-21-22(26)8-6-9-23(21)27)24(32)10-7-15-31(36(4,34)35)20-13-11-19(28)12-14-20/h6,8-9,11-14,17-18H,5,7,10,15-16H2,1-4H3,(H,29,33)/t17-,18+/m1/s1. The highest BCUT2D eigenvalue weighted by Gasteiger charge is 2.28. The molecule has 36 heavy (non-hydrogen) atoms. The normalized spacial score (nSPS) is 13.1. The lowest BCUT2D eigenvalue weighted by atomic mass is 10.1. The molecule has 0 aliphatic rings. The largest absolute Gasteiger partial charge is 0.352 e. The van der Waals surface area contributed by atoms with Crippen LogP contribution in [-0.4, -0.2) is 50.0 Å². The summed E-state index contributed by atoms with van der Waals surface area (Å²) in [4.78, 5) is 27.6. The van der Waals surface area contributed by atoms with E-state index in [9.17, 15) is 22.4 Å². The summed E-state index contributed by atoms with van der Waals surface area (Å²) in [5, 5.41) is 3.62. The van der Waals surface area contributed by atoms with Crippen LogP contribution >= 0.6 is 23.2 Å². The van der Waals surface area contributed by atoms with Gasteiger partial charge in [-0.1, -0.05) is 36.2 Å². The molecule has 0 fully saturated rings. The number of carbonyl (C=O) groups excluding carboxylic acids is 2. The summed E-state index contributed by atoms with van der Waals surface area (Å²) in [5.41, 5.74) is 0.814. The van der Waals surface area contributed by atoms with Crippen molar-refractivity contribution < 1.29 is 22.4 Å². The van der Waals surface area contributed by atoms with Gasteiger partial charge in [0.15, 0.2) is 0 Å². The van der Waals surface area contributed by atoms with E-state index in [0.717, 1.165) is 17.0 Å². The lowest BCUT2D eigenvalue weighted by Crippen LogP contribution is -2.49. The van der Waals surface area contributed by atoms with E-state index in [2.05, 4.69) is 5.32 Å². The first-order chi connectivity index (χ1) is 16.8. The van der Waals surface area contributed by atoms with Gasteiger partial charge in [0.05, 0.1) is 11.9 Å². The number of rotatable bonds is 12. The molecule has 0 aromatic heterocycles. The van der Waals surface area contributed by atoms with Gasteiger partial charge in [0.1, 0.15) is 11.9 Å². The number of nitrogens with zero attached hydrogens (tertiary/aromatic N) is 2. The van der Waals surface area contributed by atoms with Crippen LogP contribution in [0.1, 0.15) is 45.6 Å². The van der Waals surface area contributed by atoms with Gasteiger partial charge in [-0.3, -0.25) is 13.9 Å². The summed E-state index contributed by atoms with van der Waals surface area (Å²) in [5.74, 6) is -1.16. The first kappa shape index (κ1) is 29.9. The second-order valence-electron chi connectivity index (χ2n) is 8.63. The summed E-state index contributed by atoms with van der Waals surface area (Å²) < 4.78 is 39.1. The van der Waals surface area contributed by atoms with Crippen molar-refractivity contribution in [2.24, 2.45) is 0 Å².